The van der Waals surface area contributed by atoms with E-state index in [0.29, 0.717) is 30.5 Å². The molecule has 0 amide bonds. The predicted molar refractivity (Wildman–Crippen MR) is 108 cm³/mol. The smallest absolute Gasteiger partial charge is 0.243 e. The maximum atomic E-state index is 12.4. The first-order valence-electron chi connectivity index (χ1n) is 7.86. The summed E-state index contributed by atoms with van der Waals surface area (Å²) in [5.41, 5.74) is 6.61. The molecule has 1 fully saturated rings. The molecule has 0 radical (unpaired) electrons. The topological polar surface area (TPSA) is 87.8 Å². The molecule has 1 heterocycles. The van der Waals surface area contributed by atoms with Crippen LogP contribution < -0.4 is 11.1 Å². The fourth-order valence-corrected chi connectivity index (χ4v) is 3.96. The molecule has 24 heavy (non-hydrogen) atoms. The maximum Gasteiger partial charge on any atom is 0.243 e. The van der Waals surface area contributed by atoms with Crippen molar-refractivity contribution in [2.24, 2.45) is 10.7 Å². The van der Waals surface area contributed by atoms with Crippen LogP contribution in [-0.2, 0) is 16.6 Å². The van der Waals surface area contributed by atoms with Crippen molar-refractivity contribution in [1.29, 1.82) is 0 Å². The van der Waals surface area contributed by atoms with Gasteiger partial charge in [0.25, 0.3) is 0 Å². The Morgan fingerprint density at radius 1 is 1.21 bits per heavy atom. The van der Waals surface area contributed by atoms with E-state index in [2.05, 4.69) is 10.3 Å². The molecule has 6 nitrogen and oxygen atoms in total. The molecule has 0 atom stereocenters. The van der Waals surface area contributed by atoms with Gasteiger partial charge in [-0.1, -0.05) is 12.1 Å². The summed E-state index contributed by atoms with van der Waals surface area (Å²) in [5, 5.41) is 3.09. The van der Waals surface area contributed by atoms with Crippen molar-refractivity contribution in [2.75, 3.05) is 13.1 Å². The zero-order chi connectivity index (χ0) is 17.1. The average Bonchev–Trinajstić information content (AvgIpc) is 2.98. The van der Waals surface area contributed by atoms with Crippen LogP contribution >= 0.6 is 24.0 Å². The van der Waals surface area contributed by atoms with E-state index in [1.54, 1.807) is 28.6 Å². The number of sulfonamides is 1. The van der Waals surface area contributed by atoms with Gasteiger partial charge < -0.3 is 11.1 Å². The zero-order valence-corrected chi connectivity index (χ0v) is 17.6. The molecule has 1 aliphatic heterocycles. The van der Waals surface area contributed by atoms with Crippen LogP contribution in [0.4, 0.5) is 0 Å². The number of guanidine groups is 1. The standard InChI is InChI=1S/C16H26N4O2S.HI/c1-16(2,3)19-15(17)18-12-13-6-8-14(9-7-13)23(21,22)20-10-4-5-11-20;/h6-9H,4-5,10-12H2,1-3H3,(H3,17,18,19);1H. The number of nitrogens with zero attached hydrogens (tertiary/aromatic N) is 2. The van der Waals surface area contributed by atoms with Crippen molar-refractivity contribution in [1.82, 2.24) is 9.62 Å². The number of nitrogens with two attached hydrogens (primary N) is 1. The lowest BCUT2D eigenvalue weighted by molar-refractivity contribution is 0.477. The predicted octanol–water partition coefficient (Wildman–Crippen LogP) is 2.29. The Morgan fingerprint density at radius 3 is 2.25 bits per heavy atom. The summed E-state index contributed by atoms with van der Waals surface area (Å²) >= 11 is 0. The molecule has 0 spiro atoms. The van der Waals surface area contributed by atoms with Crippen molar-refractivity contribution in [3.05, 3.63) is 29.8 Å². The van der Waals surface area contributed by atoms with Crippen LogP contribution in [-0.4, -0.2) is 37.3 Å². The molecular formula is C16H27IN4O2S. The number of aliphatic imine (C=N–C) groups is 1. The minimum Gasteiger partial charge on any atom is -0.370 e. The Morgan fingerprint density at radius 2 is 1.75 bits per heavy atom. The first kappa shape index (κ1) is 21.2. The van der Waals surface area contributed by atoms with Gasteiger partial charge in [-0.3, -0.25) is 0 Å². The molecule has 3 N–H and O–H groups in total. The third-order valence-corrected chi connectivity index (χ3v) is 5.47. The summed E-state index contributed by atoms with van der Waals surface area (Å²) in [4.78, 5) is 4.61. The molecule has 136 valence electrons. The Kier molecular flexibility index (Phi) is 7.48. The second-order valence-electron chi connectivity index (χ2n) is 6.83. The number of hydrogen-bond acceptors (Lipinski definition) is 3. The van der Waals surface area contributed by atoms with Gasteiger partial charge in [0.1, 0.15) is 0 Å². The normalized spacial score (nSPS) is 16.7. The lowest BCUT2D eigenvalue weighted by atomic mass is 10.1. The van der Waals surface area contributed by atoms with E-state index in [-0.39, 0.29) is 29.5 Å². The summed E-state index contributed by atoms with van der Waals surface area (Å²) in [5.74, 6) is 0.381. The Balaban J connectivity index is 0.00000288. The number of nitrogens with one attached hydrogen (secondary N) is 1. The van der Waals surface area contributed by atoms with E-state index in [4.69, 9.17) is 5.73 Å². The van der Waals surface area contributed by atoms with Gasteiger partial charge in [-0.2, -0.15) is 4.31 Å². The minimum absolute atomic E-state index is 0. The van der Waals surface area contributed by atoms with E-state index < -0.39 is 10.0 Å². The highest BCUT2D eigenvalue weighted by molar-refractivity contribution is 14.0. The quantitative estimate of drug-likeness (QED) is 0.405. The third kappa shape index (κ3) is 5.89. The Bertz CT molecular complexity index is 660. The SMILES string of the molecule is CC(C)(C)NC(N)=NCc1ccc(S(=O)(=O)N2CCCC2)cc1.I. The van der Waals surface area contributed by atoms with Crippen LogP contribution in [0.1, 0.15) is 39.2 Å². The first-order chi connectivity index (χ1) is 10.7. The second-order valence-corrected chi connectivity index (χ2v) is 8.77. The highest BCUT2D eigenvalue weighted by atomic mass is 127. The van der Waals surface area contributed by atoms with Crippen LogP contribution in [0.2, 0.25) is 0 Å². The van der Waals surface area contributed by atoms with Gasteiger partial charge in [0.15, 0.2) is 5.96 Å². The molecule has 1 aromatic rings. The van der Waals surface area contributed by atoms with Gasteiger partial charge in [-0.15, -0.1) is 24.0 Å². The number of rotatable bonds is 4. The summed E-state index contributed by atoms with van der Waals surface area (Å²) in [6.07, 6.45) is 1.87. The molecule has 1 aromatic carbocycles. The molecule has 0 bridgehead atoms. The zero-order valence-electron chi connectivity index (χ0n) is 14.4. The van der Waals surface area contributed by atoms with Crippen molar-refractivity contribution < 1.29 is 8.42 Å². The number of benzene rings is 1. The molecule has 1 saturated heterocycles. The van der Waals surface area contributed by atoms with Gasteiger partial charge >= 0.3 is 0 Å². The lowest BCUT2D eigenvalue weighted by Gasteiger charge is -2.21. The summed E-state index contributed by atoms with van der Waals surface area (Å²) < 4.78 is 26.4. The monoisotopic (exact) mass is 466 g/mol. The first-order valence-corrected chi connectivity index (χ1v) is 9.30. The van der Waals surface area contributed by atoms with Crippen molar-refractivity contribution in [3.63, 3.8) is 0 Å². The molecule has 0 aliphatic carbocycles. The highest BCUT2D eigenvalue weighted by Crippen LogP contribution is 2.21. The Labute approximate surface area is 162 Å². The number of hydrogen-bond donors (Lipinski definition) is 2. The summed E-state index contributed by atoms with van der Waals surface area (Å²) in [6, 6.07) is 6.87. The molecule has 0 aromatic heterocycles. The maximum absolute atomic E-state index is 12.4. The van der Waals surface area contributed by atoms with E-state index in [1.807, 2.05) is 20.8 Å². The van der Waals surface area contributed by atoms with E-state index in [0.717, 1.165) is 18.4 Å². The fraction of sp³-hybridized carbons (Fsp3) is 0.562. The van der Waals surface area contributed by atoms with Crippen molar-refractivity contribution >= 4 is 40.0 Å². The summed E-state index contributed by atoms with van der Waals surface area (Å²) in [6.45, 7) is 7.67. The van der Waals surface area contributed by atoms with Gasteiger partial charge in [0.05, 0.1) is 11.4 Å². The van der Waals surface area contributed by atoms with E-state index >= 15 is 0 Å². The van der Waals surface area contributed by atoms with Gasteiger partial charge in [0.2, 0.25) is 10.0 Å². The Hall–Kier alpha value is -0.870. The molecule has 8 heteroatoms. The number of halogens is 1. The fourth-order valence-electron chi connectivity index (χ4n) is 2.44. The highest BCUT2D eigenvalue weighted by Gasteiger charge is 2.26. The third-order valence-electron chi connectivity index (χ3n) is 3.56. The minimum atomic E-state index is -3.35. The molecule has 0 saturated carbocycles. The van der Waals surface area contributed by atoms with Crippen LogP contribution in [0.3, 0.4) is 0 Å². The van der Waals surface area contributed by atoms with Crippen LogP contribution in [0.25, 0.3) is 0 Å². The van der Waals surface area contributed by atoms with Crippen LogP contribution in [0, 0.1) is 0 Å². The van der Waals surface area contributed by atoms with Crippen molar-refractivity contribution in [2.45, 2.75) is 50.6 Å². The van der Waals surface area contributed by atoms with Gasteiger partial charge in [-0.05, 0) is 51.3 Å². The molecule has 1 aliphatic rings. The largest absolute Gasteiger partial charge is 0.370 e. The summed E-state index contributed by atoms with van der Waals surface area (Å²) in [7, 11) is -3.35. The van der Waals surface area contributed by atoms with E-state index in [9.17, 15) is 8.42 Å². The molecular weight excluding hydrogens is 439 g/mol. The second kappa shape index (κ2) is 8.48. The molecule has 2 rings (SSSR count). The van der Waals surface area contributed by atoms with Crippen LogP contribution in [0.5, 0.6) is 0 Å². The van der Waals surface area contributed by atoms with Crippen LogP contribution in [0.15, 0.2) is 34.2 Å². The van der Waals surface area contributed by atoms with Gasteiger partial charge in [0, 0.05) is 18.6 Å². The molecule has 0 unspecified atom stereocenters. The van der Waals surface area contributed by atoms with Gasteiger partial charge in [-0.25, -0.2) is 13.4 Å². The van der Waals surface area contributed by atoms with Crippen molar-refractivity contribution in [3.8, 4) is 0 Å². The lowest BCUT2D eigenvalue weighted by Crippen LogP contribution is -2.44. The van der Waals surface area contributed by atoms with E-state index in [1.165, 1.54) is 0 Å². The average molecular weight is 466 g/mol.